The zero-order chi connectivity index (χ0) is 15.6. The van der Waals surface area contributed by atoms with Crippen LogP contribution in [0.15, 0.2) is 34.9 Å². The van der Waals surface area contributed by atoms with Crippen molar-refractivity contribution in [1.29, 1.82) is 0 Å². The van der Waals surface area contributed by atoms with Gasteiger partial charge in [-0.3, -0.25) is 10.1 Å². The number of pyridine rings is 1. The number of carbonyl (C=O) groups is 1. The number of aryl methyl sites for hydroxylation is 1. The second-order valence-corrected chi connectivity index (χ2v) is 4.97. The zero-order valence-electron chi connectivity index (χ0n) is 10.7. The van der Waals surface area contributed by atoms with Crippen LogP contribution in [0.4, 0.5) is 5.69 Å². The minimum absolute atomic E-state index is 0.00976. The topological polar surface area (TPSA) is 103 Å². The first kappa shape index (κ1) is 14.9. The van der Waals surface area contributed by atoms with Gasteiger partial charge in [0.25, 0.3) is 5.69 Å². The van der Waals surface area contributed by atoms with Crippen LogP contribution >= 0.6 is 15.9 Å². The monoisotopic (exact) mass is 352 g/mol. The summed E-state index contributed by atoms with van der Waals surface area (Å²) >= 11 is 3.22. The van der Waals surface area contributed by atoms with Gasteiger partial charge in [0.1, 0.15) is 5.75 Å². The Bertz CT molecular complexity index is 732. The van der Waals surface area contributed by atoms with E-state index in [0.717, 1.165) is 0 Å². The van der Waals surface area contributed by atoms with E-state index in [-0.39, 0.29) is 22.9 Å². The van der Waals surface area contributed by atoms with Gasteiger partial charge in [-0.05, 0) is 41.1 Å². The zero-order valence-corrected chi connectivity index (χ0v) is 12.3. The van der Waals surface area contributed by atoms with Crippen molar-refractivity contribution < 1.29 is 19.6 Å². The Morgan fingerprint density at radius 1 is 1.43 bits per heavy atom. The molecule has 1 heterocycles. The fourth-order valence-corrected chi connectivity index (χ4v) is 1.90. The number of benzene rings is 1. The third-order valence-corrected chi connectivity index (χ3v) is 3.29. The van der Waals surface area contributed by atoms with E-state index in [1.807, 2.05) is 0 Å². The minimum Gasteiger partial charge on any atom is -0.478 e. The lowest BCUT2D eigenvalue weighted by atomic mass is 10.2. The summed E-state index contributed by atoms with van der Waals surface area (Å²) in [6.45, 7) is 1.57. The first-order valence-electron chi connectivity index (χ1n) is 5.70. The summed E-state index contributed by atoms with van der Waals surface area (Å²) in [5, 5.41) is 19.8. The molecule has 1 aromatic carbocycles. The molecule has 1 N–H and O–H groups in total. The Balaban J connectivity index is 2.38. The standard InChI is InChI=1S/C13H9BrN2O5/c1-7-6-15-12(5-10(7)16(19)20)21-11-4-8(13(17)18)2-3-9(11)14/h2-6H,1H3,(H,17,18). The normalized spacial score (nSPS) is 10.2. The number of hydrogen-bond donors (Lipinski definition) is 1. The summed E-state index contributed by atoms with van der Waals surface area (Å²) in [6.07, 6.45) is 1.32. The molecular formula is C13H9BrN2O5. The molecule has 21 heavy (non-hydrogen) atoms. The maximum atomic E-state index is 10.9. The lowest BCUT2D eigenvalue weighted by Gasteiger charge is -2.08. The molecule has 0 radical (unpaired) electrons. The van der Waals surface area contributed by atoms with E-state index in [2.05, 4.69) is 20.9 Å². The number of nitro groups is 1. The van der Waals surface area contributed by atoms with Crippen molar-refractivity contribution in [3.63, 3.8) is 0 Å². The van der Waals surface area contributed by atoms with Crippen LogP contribution in [0.5, 0.6) is 11.6 Å². The van der Waals surface area contributed by atoms with Gasteiger partial charge < -0.3 is 9.84 Å². The quantitative estimate of drug-likeness (QED) is 0.666. The largest absolute Gasteiger partial charge is 0.478 e. The molecule has 0 amide bonds. The molecule has 0 bridgehead atoms. The molecule has 0 aliphatic heterocycles. The van der Waals surface area contributed by atoms with Crippen molar-refractivity contribution in [2.24, 2.45) is 0 Å². The van der Waals surface area contributed by atoms with Crippen molar-refractivity contribution in [2.75, 3.05) is 0 Å². The molecule has 0 fully saturated rings. The molecular weight excluding hydrogens is 344 g/mol. The van der Waals surface area contributed by atoms with Gasteiger partial charge in [0.05, 0.1) is 21.0 Å². The second kappa shape index (κ2) is 5.88. The van der Waals surface area contributed by atoms with Gasteiger partial charge in [0.2, 0.25) is 5.88 Å². The summed E-state index contributed by atoms with van der Waals surface area (Å²) in [6, 6.07) is 5.42. The van der Waals surface area contributed by atoms with E-state index >= 15 is 0 Å². The summed E-state index contributed by atoms with van der Waals surface area (Å²) in [5.74, 6) is -0.883. The maximum Gasteiger partial charge on any atom is 0.335 e. The number of nitrogens with zero attached hydrogens (tertiary/aromatic N) is 2. The van der Waals surface area contributed by atoms with E-state index < -0.39 is 10.9 Å². The SMILES string of the molecule is Cc1cnc(Oc2cc(C(=O)O)ccc2Br)cc1[N+](=O)[O-]. The molecule has 0 unspecified atom stereocenters. The van der Waals surface area contributed by atoms with E-state index in [4.69, 9.17) is 9.84 Å². The van der Waals surface area contributed by atoms with Crippen LogP contribution in [0.25, 0.3) is 0 Å². The Kier molecular flexibility index (Phi) is 4.18. The molecule has 1 aromatic heterocycles. The van der Waals surface area contributed by atoms with Crippen molar-refractivity contribution >= 4 is 27.6 Å². The molecule has 0 aliphatic rings. The van der Waals surface area contributed by atoms with Gasteiger partial charge in [0.15, 0.2) is 0 Å². The second-order valence-electron chi connectivity index (χ2n) is 4.12. The highest BCUT2D eigenvalue weighted by Crippen LogP contribution is 2.31. The minimum atomic E-state index is -1.10. The Morgan fingerprint density at radius 2 is 2.14 bits per heavy atom. The lowest BCUT2D eigenvalue weighted by Crippen LogP contribution is -1.98. The van der Waals surface area contributed by atoms with Gasteiger partial charge in [-0.15, -0.1) is 0 Å². The van der Waals surface area contributed by atoms with Crippen LogP contribution in [0.2, 0.25) is 0 Å². The van der Waals surface area contributed by atoms with Gasteiger partial charge in [-0.2, -0.15) is 0 Å². The number of ether oxygens (including phenoxy) is 1. The average Bonchev–Trinajstić information content (AvgIpc) is 2.42. The fraction of sp³-hybridized carbons (Fsp3) is 0.0769. The summed E-state index contributed by atoms with van der Waals surface area (Å²) in [5.41, 5.74) is 0.325. The number of halogens is 1. The average molecular weight is 353 g/mol. The predicted molar refractivity (Wildman–Crippen MR) is 76.8 cm³/mol. The van der Waals surface area contributed by atoms with Crippen LogP contribution in [0.1, 0.15) is 15.9 Å². The first-order chi connectivity index (χ1) is 9.88. The maximum absolute atomic E-state index is 10.9. The Morgan fingerprint density at radius 3 is 2.76 bits per heavy atom. The number of hydrogen-bond acceptors (Lipinski definition) is 5. The van der Waals surface area contributed by atoms with Crippen LogP contribution in [-0.4, -0.2) is 21.0 Å². The molecule has 2 aromatic rings. The summed E-state index contributed by atoms with van der Waals surface area (Å²) < 4.78 is 5.93. The van der Waals surface area contributed by atoms with Crippen LogP contribution in [0, 0.1) is 17.0 Å². The van der Waals surface area contributed by atoms with Gasteiger partial charge in [-0.25, -0.2) is 9.78 Å². The van der Waals surface area contributed by atoms with Gasteiger partial charge in [0, 0.05) is 11.8 Å². The number of carboxylic acid groups (broad SMARTS) is 1. The van der Waals surface area contributed by atoms with Crippen molar-refractivity contribution in [2.45, 2.75) is 6.92 Å². The summed E-state index contributed by atoms with van der Waals surface area (Å²) in [7, 11) is 0. The number of carboxylic acids is 1. The number of aromatic nitrogens is 1. The molecule has 0 spiro atoms. The number of aromatic carboxylic acids is 1. The van der Waals surface area contributed by atoms with E-state index in [0.29, 0.717) is 10.0 Å². The van der Waals surface area contributed by atoms with Crippen molar-refractivity contribution in [1.82, 2.24) is 4.98 Å². The molecule has 2 rings (SSSR count). The fourth-order valence-electron chi connectivity index (χ4n) is 1.57. The smallest absolute Gasteiger partial charge is 0.335 e. The molecule has 0 saturated carbocycles. The third kappa shape index (κ3) is 3.34. The van der Waals surface area contributed by atoms with E-state index in [1.54, 1.807) is 6.92 Å². The highest BCUT2D eigenvalue weighted by molar-refractivity contribution is 9.10. The van der Waals surface area contributed by atoms with Crippen molar-refractivity contribution in [3.05, 3.63) is 56.2 Å². The van der Waals surface area contributed by atoms with Crippen LogP contribution in [0.3, 0.4) is 0 Å². The van der Waals surface area contributed by atoms with Gasteiger partial charge in [-0.1, -0.05) is 0 Å². The molecule has 8 heteroatoms. The molecule has 108 valence electrons. The van der Waals surface area contributed by atoms with E-state index in [1.165, 1.54) is 30.5 Å². The number of rotatable bonds is 4. The van der Waals surface area contributed by atoms with Crippen LogP contribution in [-0.2, 0) is 0 Å². The molecule has 7 nitrogen and oxygen atoms in total. The Hall–Kier alpha value is -2.48. The van der Waals surface area contributed by atoms with Crippen molar-refractivity contribution in [3.8, 4) is 11.6 Å². The molecule has 0 aliphatic carbocycles. The predicted octanol–water partition coefficient (Wildman–Crippen LogP) is 3.55. The highest BCUT2D eigenvalue weighted by atomic mass is 79.9. The van der Waals surface area contributed by atoms with E-state index in [9.17, 15) is 14.9 Å². The third-order valence-electron chi connectivity index (χ3n) is 2.64. The Labute approximate surface area is 127 Å². The first-order valence-corrected chi connectivity index (χ1v) is 6.49. The van der Waals surface area contributed by atoms with Gasteiger partial charge >= 0.3 is 5.97 Å². The molecule has 0 saturated heterocycles. The summed E-state index contributed by atoms with van der Waals surface area (Å²) in [4.78, 5) is 25.2. The highest BCUT2D eigenvalue weighted by Gasteiger charge is 2.15. The lowest BCUT2D eigenvalue weighted by molar-refractivity contribution is -0.385. The molecule has 0 atom stereocenters. The van der Waals surface area contributed by atoms with Crippen LogP contribution < -0.4 is 4.74 Å².